The van der Waals surface area contributed by atoms with Crippen molar-refractivity contribution in [2.75, 3.05) is 20.3 Å². The second kappa shape index (κ2) is 7.90. The molecule has 2 aromatic heterocycles. The monoisotopic (exact) mass is 378 g/mol. The van der Waals surface area contributed by atoms with Crippen LogP contribution < -0.4 is 5.32 Å². The first-order valence-electron chi connectivity index (χ1n) is 8.99. The zero-order chi connectivity index (χ0) is 18.6. The van der Waals surface area contributed by atoms with Gasteiger partial charge >= 0.3 is 0 Å². The van der Waals surface area contributed by atoms with E-state index in [2.05, 4.69) is 62.4 Å². The molecular formula is C21H22N4OS. The van der Waals surface area contributed by atoms with Gasteiger partial charge in [0.05, 0.1) is 24.4 Å². The van der Waals surface area contributed by atoms with Crippen molar-refractivity contribution >= 4 is 17.3 Å². The van der Waals surface area contributed by atoms with Gasteiger partial charge in [0, 0.05) is 37.4 Å². The Kier molecular flexibility index (Phi) is 5.18. The van der Waals surface area contributed by atoms with E-state index in [1.807, 2.05) is 30.5 Å². The molecule has 2 atom stereocenters. The summed E-state index contributed by atoms with van der Waals surface area (Å²) in [7, 11) is 1.71. The maximum Gasteiger partial charge on any atom is 0.170 e. The average molecular weight is 379 g/mol. The van der Waals surface area contributed by atoms with Gasteiger partial charge in [-0.1, -0.05) is 24.3 Å². The Morgan fingerprint density at radius 3 is 2.63 bits per heavy atom. The number of aromatic nitrogens is 2. The molecule has 0 bridgehead atoms. The number of nitrogens with one attached hydrogen (secondary N) is 1. The number of hydrogen-bond acceptors (Lipinski definition) is 3. The molecule has 0 unspecified atom stereocenters. The Balaban J connectivity index is 1.78. The van der Waals surface area contributed by atoms with E-state index in [-0.39, 0.29) is 12.1 Å². The smallest absolute Gasteiger partial charge is 0.170 e. The van der Waals surface area contributed by atoms with Gasteiger partial charge in [0.25, 0.3) is 0 Å². The molecule has 0 saturated carbocycles. The highest BCUT2D eigenvalue weighted by atomic mass is 32.1. The first-order chi connectivity index (χ1) is 13.3. The third-order valence-corrected chi connectivity index (χ3v) is 5.20. The van der Waals surface area contributed by atoms with Crippen LogP contribution in [0.3, 0.4) is 0 Å². The van der Waals surface area contributed by atoms with E-state index < -0.39 is 0 Å². The summed E-state index contributed by atoms with van der Waals surface area (Å²) < 4.78 is 7.54. The fraction of sp³-hybridized carbons (Fsp3) is 0.238. The lowest BCUT2D eigenvalue weighted by Gasteiger charge is -2.28. The van der Waals surface area contributed by atoms with Gasteiger partial charge < -0.3 is 19.5 Å². The van der Waals surface area contributed by atoms with Gasteiger partial charge in [0.1, 0.15) is 0 Å². The predicted molar refractivity (Wildman–Crippen MR) is 110 cm³/mol. The highest BCUT2D eigenvalue weighted by Gasteiger charge is 2.40. The molecule has 1 aromatic carbocycles. The number of hydrogen-bond donors (Lipinski definition) is 1. The quantitative estimate of drug-likeness (QED) is 0.665. The highest BCUT2D eigenvalue weighted by molar-refractivity contribution is 7.80. The molecule has 0 amide bonds. The van der Waals surface area contributed by atoms with Crippen molar-refractivity contribution < 1.29 is 4.74 Å². The number of benzene rings is 1. The third kappa shape index (κ3) is 3.46. The maximum atomic E-state index is 5.66. The first kappa shape index (κ1) is 17.7. The van der Waals surface area contributed by atoms with Gasteiger partial charge in [-0.15, -0.1) is 0 Å². The molecule has 0 spiro atoms. The Morgan fingerprint density at radius 2 is 1.89 bits per heavy atom. The number of rotatable bonds is 6. The lowest BCUT2D eigenvalue weighted by atomic mass is 10.0. The van der Waals surface area contributed by atoms with Crippen molar-refractivity contribution in [1.82, 2.24) is 19.8 Å². The molecule has 1 fully saturated rings. The van der Waals surface area contributed by atoms with Crippen LogP contribution in [0.5, 0.6) is 0 Å². The molecule has 1 N–H and O–H groups in total. The predicted octanol–water partition coefficient (Wildman–Crippen LogP) is 3.49. The van der Waals surface area contributed by atoms with E-state index in [1.54, 1.807) is 7.11 Å². The number of thiocarbonyl (C=S) groups is 1. The van der Waals surface area contributed by atoms with Crippen LogP contribution in [-0.4, -0.2) is 39.8 Å². The topological polar surface area (TPSA) is 42.3 Å². The Morgan fingerprint density at radius 1 is 1.07 bits per heavy atom. The molecule has 3 aromatic rings. The highest BCUT2D eigenvalue weighted by Crippen LogP contribution is 2.39. The number of nitrogens with zero attached hydrogens (tertiary/aromatic N) is 3. The SMILES string of the molecule is COCCN1C(=S)N[C@H](c2ccccn2)[C@H]1c1cccn1-c1ccccc1. The summed E-state index contributed by atoms with van der Waals surface area (Å²) in [6.07, 6.45) is 3.92. The molecule has 0 aliphatic carbocycles. The summed E-state index contributed by atoms with van der Waals surface area (Å²) in [4.78, 5) is 6.78. The number of methoxy groups -OCH3 is 1. The molecule has 3 heterocycles. The maximum absolute atomic E-state index is 5.66. The van der Waals surface area contributed by atoms with Crippen molar-refractivity contribution in [3.05, 3.63) is 84.4 Å². The second-order valence-electron chi connectivity index (χ2n) is 6.45. The summed E-state index contributed by atoms with van der Waals surface area (Å²) in [6, 6.07) is 20.6. The molecule has 27 heavy (non-hydrogen) atoms. The minimum atomic E-state index is -0.0204. The van der Waals surface area contributed by atoms with Crippen LogP contribution in [0.15, 0.2) is 73.1 Å². The minimum absolute atomic E-state index is 0.0204. The molecule has 6 heteroatoms. The fourth-order valence-electron chi connectivity index (χ4n) is 3.62. The molecule has 138 valence electrons. The Labute approximate surface area is 164 Å². The first-order valence-corrected chi connectivity index (χ1v) is 9.40. The van der Waals surface area contributed by atoms with E-state index >= 15 is 0 Å². The van der Waals surface area contributed by atoms with Crippen molar-refractivity contribution in [3.63, 3.8) is 0 Å². The molecule has 0 radical (unpaired) electrons. The number of ether oxygens (including phenoxy) is 1. The fourth-order valence-corrected chi connectivity index (χ4v) is 3.95. The van der Waals surface area contributed by atoms with E-state index in [9.17, 15) is 0 Å². The van der Waals surface area contributed by atoms with Crippen LogP contribution >= 0.6 is 12.2 Å². The van der Waals surface area contributed by atoms with Crippen LogP contribution in [0.25, 0.3) is 5.69 Å². The summed E-state index contributed by atoms with van der Waals surface area (Å²) in [5.74, 6) is 0. The summed E-state index contributed by atoms with van der Waals surface area (Å²) in [5.41, 5.74) is 3.27. The molecule has 1 aliphatic heterocycles. The largest absolute Gasteiger partial charge is 0.383 e. The molecular weight excluding hydrogens is 356 g/mol. The standard InChI is InChI=1S/C21H22N4OS/c1-26-15-14-25-20(19(23-21(25)27)17-10-5-6-12-22-17)18-11-7-13-24(18)16-8-3-2-4-9-16/h2-13,19-20H,14-15H2,1H3,(H,23,27)/t19-,20-/m1/s1. The van der Waals surface area contributed by atoms with Gasteiger partial charge in [0.15, 0.2) is 5.11 Å². The Hall–Kier alpha value is -2.70. The van der Waals surface area contributed by atoms with Crippen molar-refractivity contribution in [1.29, 1.82) is 0 Å². The molecule has 1 aliphatic rings. The second-order valence-corrected chi connectivity index (χ2v) is 6.84. The van der Waals surface area contributed by atoms with Crippen molar-refractivity contribution in [2.45, 2.75) is 12.1 Å². The summed E-state index contributed by atoms with van der Waals surface area (Å²) >= 11 is 5.66. The van der Waals surface area contributed by atoms with Crippen LogP contribution in [0.1, 0.15) is 23.5 Å². The summed E-state index contributed by atoms with van der Waals surface area (Å²) in [5, 5.41) is 4.20. The van der Waals surface area contributed by atoms with E-state index in [1.165, 1.54) is 5.69 Å². The Bertz CT molecular complexity index is 897. The lowest BCUT2D eigenvalue weighted by Crippen LogP contribution is -2.33. The van der Waals surface area contributed by atoms with E-state index in [4.69, 9.17) is 17.0 Å². The normalized spacial score (nSPS) is 19.3. The van der Waals surface area contributed by atoms with Gasteiger partial charge in [-0.05, 0) is 48.6 Å². The third-order valence-electron chi connectivity index (χ3n) is 4.85. The molecule has 4 rings (SSSR count). The van der Waals surface area contributed by atoms with Crippen molar-refractivity contribution in [2.24, 2.45) is 0 Å². The van der Waals surface area contributed by atoms with Crippen LogP contribution in [-0.2, 0) is 4.74 Å². The van der Waals surface area contributed by atoms with E-state index in [0.29, 0.717) is 6.61 Å². The van der Waals surface area contributed by atoms with Gasteiger partial charge in [-0.25, -0.2) is 0 Å². The zero-order valence-corrected chi connectivity index (χ0v) is 16.0. The zero-order valence-electron chi connectivity index (χ0n) is 15.2. The average Bonchev–Trinajstić information content (AvgIpc) is 3.32. The number of pyridine rings is 1. The van der Waals surface area contributed by atoms with Gasteiger partial charge in [-0.3, -0.25) is 4.98 Å². The molecule has 5 nitrogen and oxygen atoms in total. The number of para-hydroxylation sites is 1. The van der Waals surface area contributed by atoms with Gasteiger partial charge in [0.2, 0.25) is 0 Å². The van der Waals surface area contributed by atoms with E-state index in [0.717, 1.165) is 23.0 Å². The van der Waals surface area contributed by atoms with Gasteiger partial charge in [-0.2, -0.15) is 0 Å². The lowest BCUT2D eigenvalue weighted by molar-refractivity contribution is 0.163. The van der Waals surface area contributed by atoms with Crippen molar-refractivity contribution in [3.8, 4) is 5.69 Å². The van der Waals surface area contributed by atoms with Crippen LogP contribution in [0.2, 0.25) is 0 Å². The summed E-state index contributed by atoms with van der Waals surface area (Å²) in [6.45, 7) is 1.33. The van der Waals surface area contributed by atoms with Crippen LogP contribution in [0, 0.1) is 0 Å². The van der Waals surface area contributed by atoms with Crippen LogP contribution in [0.4, 0.5) is 0 Å². The minimum Gasteiger partial charge on any atom is -0.383 e. The molecule has 1 saturated heterocycles.